The molecule has 2 heterocycles. The van der Waals surface area contributed by atoms with Crippen LogP contribution < -0.4 is 5.32 Å². The summed E-state index contributed by atoms with van der Waals surface area (Å²) in [6.45, 7) is 4.07. The monoisotopic (exact) mass is 506 g/mol. The van der Waals surface area contributed by atoms with Crippen LogP contribution in [0.3, 0.4) is 0 Å². The largest absolute Gasteiger partial charge is 0.351 e. The van der Waals surface area contributed by atoms with Crippen LogP contribution in [0, 0.1) is 0 Å². The Morgan fingerprint density at radius 2 is 1.24 bits per heavy atom. The van der Waals surface area contributed by atoms with Gasteiger partial charge >= 0.3 is 0 Å². The Bertz CT molecular complexity index is 1190. The Balaban J connectivity index is 1.23. The molecule has 2 aliphatic rings. The van der Waals surface area contributed by atoms with Crippen molar-refractivity contribution in [3.8, 4) is 0 Å². The first-order chi connectivity index (χ1) is 16.3. The highest BCUT2D eigenvalue weighted by Crippen LogP contribution is 2.21. The van der Waals surface area contributed by atoms with Crippen LogP contribution in [0.4, 0.5) is 0 Å². The van der Waals surface area contributed by atoms with Crippen LogP contribution in [0.1, 0.15) is 23.2 Å². The number of nitrogens with zero attached hydrogens (tertiary/aromatic N) is 3. The van der Waals surface area contributed by atoms with Gasteiger partial charge in [0, 0.05) is 57.9 Å². The zero-order valence-electron chi connectivity index (χ0n) is 19.0. The van der Waals surface area contributed by atoms with Crippen LogP contribution in [0.2, 0.25) is 0 Å². The number of sulfonamides is 2. The third-order valence-corrected chi connectivity index (χ3v) is 10.1. The second kappa shape index (κ2) is 10.5. The number of carbonyl (C=O) groups is 1. The number of hydrogen-bond donors (Lipinski definition) is 1. The molecule has 2 aromatic rings. The Kier molecular flexibility index (Phi) is 7.68. The lowest BCUT2D eigenvalue weighted by Crippen LogP contribution is -2.50. The number of benzene rings is 2. The van der Waals surface area contributed by atoms with E-state index >= 15 is 0 Å². The Morgan fingerprint density at radius 3 is 1.82 bits per heavy atom. The van der Waals surface area contributed by atoms with Gasteiger partial charge in [-0.1, -0.05) is 18.2 Å². The molecule has 0 spiro atoms. The molecule has 1 amide bonds. The lowest BCUT2D eigenvalue weighted by Gasteiger charge is -2.33. The van der Waals surface area contributed by atoms with Gasteiger partial charge in [0.05, 0.1) is 9.79 Å². The second-order valence-corrected chi connectivity index (χ2v) is 12.3. The van der Waals surface area contributed by atoms with E-state index in [1.165, 1.54) is 32.9 Å². The number of hydrogen-bond acceptors (Lipinski definition) is 6. The average Bonchev–Trinajstić information content (AvgIpc) is 3.41. The minimum Gasteiger partial charge on any atom is -0.351 e. The van der Waals surface area contributed by atoms with Crippen molar-refractivity contribution >= 4 is 26.0 Å². The van der Waals surface area contributed by atoms with Gasteiger partial charge in [-0.05, 0) is 49.2 Å². The van der Waals surface area contributed by atoms with E-state index in [4.69, 9.17) is 0 Å². The van der Waals surface area contributed by atoms with Crippen LogP contribution in [-0.4, -0.2) is 88.6 Å². The molecule has 0 bridgehead atoms. The molecule has 0 aromatic heterocycles. The van der Waals surface area contributed by atoms with E-state index in [1.807, 2.05) is 0 Å². The van der Waals surface area contributed by atoms with Gasteiger partial charge in [0.1, 0.15) is 0 Å². The number of amides is 1. The fourth-order valence-corrected chi connectivity index (χ4v) is 7.18. The van der Waals surface area contributed by atoms with Gasteiger partial charge in [0.15, 0.2) is 0 Å². The van der Waals surface area contributed by atoms with Crippen molar-refractivity contribution in [1.29, 1.82) is 0 Å². The van der Waals surface area contributed by atoms with Crippen LogP contribution in [0.15, 0.2) is 64.4 Å². The van der Waals surface area contributed by atoms with Crippen molar-refractivity contribution in [3.63, 3.8) is 0 Å². The quantitative estimate of drug-likeness (QED) is 0.577. The number of carbonyl (C=O) groups excluding carboxylic acids is 1. The topological polar surface area (TPSA) is 107 Å². The minimum absolute atomic E-state index is 0.203. The molecule has 2 aliphatic heterocycles. The summed E-state index contributed by atoms with van der Waals surface area (Å²) < 4.78 is 53.6. The zero-order chi connectivity index (χ0) is 24.2. The van der Waals surface area contributed by atoms with Gasteiger partial charge in [0.25, 0.3) is 5.91 Å². The summed E-state index contributed by atoms with van der Waals surface area (Å²) in [7, 11) is -6.98. The number of nitrogens with one attached hydrogen (secondary N) is 1. The molecule has 184 valence electrons. The van der Waals surface area contributed by atoms with Crippen molar-refractivity contribution in [2.75, 3.05) is 52.4 Å². The molecule has 34 heavy (non-hydrogen) atoms. The summed E-state index contributed by atoms with van der Waals surface area (Å²) in [5.41, 5.74) is 0.402. The number of piperazine rings is 1. The molecule has 2 aromatic carbocycles. The van der Waals surface area contributed by atoms with Crippen LogP contribution in [0.5, 0.6) is 0 Å². The fraction of sp³-hybridized carbons (Fsp3) is 0.435. The Morgan fingerprint density at radius 1 is 0.706 bits per heavy atom. The smallest absolute Gasteiger partial charge is 0.251 e. The van der Waals surface area contributed by atoms with E-state index in [2.05, 4.69) is 10.2 Å². The van der Waals surface area contributed by atoms with Crippen molar-refractivity contribution in [3.05, 3.63) is 60.2 Å². The van der Waals surface area contributed by atoms with Crippen molar-refractivity contribution < 1.29 is 21.6 Å². The van der Waals surface area contributed by atoms with E-state index in [9.17, 15) is 21.6 Å². The second-order valence-electron chi connectivity index (χ2n) is 8.45. The third kappa shape index (κ3) is 5.49. The van der Waals surface area contributed by atoms with E-state index < -0.39 is 20.0 Å². The minimum atomic E-state index is -3.50. The summed E-state index contributed by atoms with van der Waals surface area (Å²) in [4.78, 5) is 15.1. The number of rotatable bonds is 8. The summed E-state index contributed by atoms with van der Waals surface area (Å²) in [5, 5.41) is 2.85. The molecular weight excluding hydrogens is 476 g/mol. The summed E-state index contributed by atoms with van der Waals surface area (Å²) in [6, 6.07) is 14.5. The van der Waals surface area contributed by atoms with Crippen LogP contribution in [0.25, 0.3) is 0 Å². The van der Waals surface area contributed by atoms with E-state index in [0.29, 0.717) is 62.8 Å². The molecule has 0 aliphatic carbocycles. The first kappa shape index (κ1) is 24.8. The molecule has 0 atom stereocenters. The molecule has 1 N–H and O–H groups in total. The highest BCUT2D eigenvalue weighted by Gasteiger charge is 2.29. The molecular formula is C23H30N4O5S2. The zero-order valence-corrected chi connectivity index (χ0v) is 20.6. The van der Waals surface area contributed by atoms with Gasteiger partial charge in [-0.3, -0.25) is 9.69 Å². The van der Waals surface area contributed by atoms with E-state index in [-0.39, 0.29) is 10.8 Å². The Hall–Kier alpha value is -2.31. The summed E-state index contributed by atoms with van der Waals surface area (Å²) >= 11 is 0. The fourth-order valence-electron chi connectivity index (χ4n) is 4.22. The van der Waals surface area contributed by atoms with Gasteiger partial charge in [-0.15, -0.1) is 0 Å². The predicted octanol–water partition coefficient (Wildman–Crippen LogP) is 1.21. The molecule has 2 fully saturated rings. The standard InChI is InChI=1S/C23H30N4O5S2/c28-23(20-8-10-22(11-9-20)34(31,32)26-13-4-5-14-26)24-12-15-25-16-18-27(19-17-25)33(29,30)21-6-2-1-3-7-21/h1-3,6-11H,4-5,12-19H2,(H,24,28). The lowest BCUT2D eigenvalue weighted by atomic mass is 10.2. The molecule has 11 heteroatoms. The molecule has 0 unspecified atom stereocenters. The first-order valence-electron chi connectivity index (χ1n) is 11.4. The SMILES string of the molecule is O=C(NCCN1CCN(S(=O)(=O)c2ccccc2)CC1)c1ccc(S(=O)(=O)N2CCCC2)cc1. The first-order valence-corrected chi connectivity index (χ1v) is 14.3. The highest BCUT2D eigenvalue weighted by atomic mass is 32.2. The maximum absolute atomic E-state index is 12.7. The predicted molar refractivity (Wildman–Crippen MR) is 128 cm³/mol. The van der Waals surface area contributed by atoms with Crippen molar-refractivity contribution in [1.82, 2.24) is 18.8 Å². The maximum Gasteiger partial charge on any atom is 0.251 e. The molecule has 9 nitrogen and oxygen atoms in total. The van der Waals surface area contributed by atoms with Gasteiger partial charge in [-0.25, -0.2) is 16.8 Å². The highest BCUT2D eigenvalue weighted by molar-refractivity contribution is 7.89. The van der Waals surface area contributed by atoms with Gasteiger partial charge < -0.3 is 5.32 Å². The average molecular weight is 507 g/mol. The van der Waals surface area contributed by atoms with Crippen LogP contribution in [-0.2, 0) is 20.0 Å². The van der Waals surface area contributed by atoms with Gasteiger partial charge in [-0.2, -0.15) is 8.61 Å². The van der Waals surface area contributed by atoms with E-state index in [1.54, 1.807) is 30.3 Å². The molecule has 4 rings (SSSR count). The molecule has 2 saturated heterocycles. The van der Waals surface area contributed by atoms with Crippen molar-refractivity contribution in [2.45, 2.75) is 22.6 Å². The van der Waals surface area contributed by atoms with E-state index in [0.717, 1.165) is 12.8 Å². The molecule has 0 saturated carbocycles. The normalized spacial score (nSPS) is 18.7. The Labute approximate surface area is 201 Å². The lowest BCUT2D eigenvalue weighted by molar-refractivity contribution is 0.0945. The summed E-state index contributed by atoms with van der Waals surface area (Å²) in [5.74, 6) is -0.268. The van der Waals surface area contributed by atoms with Gasteiger partial charge in [0.2, 0.25) is 20.0 Å². The third-order valence-electron chi connectivity index (χ3n) is 6.25. The maximum atomic E-state index is 12.7. The van der Waals surface area contributed by atoms with Crippen molar-refractivity contribution in [2.24, 2.45) is 0 Å². The summed E-state index contributed by atoms with van der Waals surface area (Å²) in [6.07, 6.45) is 1.75. The molecule has 0 radical (unpaired) electrons. The van der Waals surface area contributed by atoms with Crippen LogP contribution >= 0.6 is 0 Å².